The Hall–Kier alpha value is -3.44. The molecule has 5 heteroatoms. The number of benzene rings is 3. The van der Waals surface area contributed by atoms with Crippen LogP contribution in [0.25, 0.3) is 0 Å². The molecule has 5 nitrogen and oxygen atoms in total. The summed E-state index contributed by atoms with van der Waals surface area (Å²) in [4.78, 5) is 25.3. The van der Waals surface area contributed by atoms with E-state index >= 15 is 0 Å². The monoisotopic (exact) mass is 389 g/mol. The Labute approximate surface area is 170 Å². The minimum absolute atomic E-state index is 0.0555. The van der Waals surface area contributed by atoms with Gasteiger partial charge in [0.05, 0.1) is 0 Å². The van der Waals surface area contributed by atoms with Crippen LogP contribution < -0.4 is 10.5 Å². The van der Waals surface area contributed by atoms with E-state index in [9.17, 15) is 9.59 Å². The van der Waals surface area contributed by atoms with Crippen molar-refractivity contribution in [1.29, 1.82) is 0 Å². The highest BCUT2D eigenvalue weighted by atomic mass is 16.5. The maximum absolute atomic E-state index is 12.9. The van der Waals surface area contributed by atoms with Crippen molar-refractivity contribution in [3.63, 3.8) is 0 Å². The van der Waals surface area contributed by atoms with Crippen LogP contribution in [0.3, 0.4) is 0 Å². The third-order valence-corrected chi connectivity index (χ3v) is 4.45. The molecule has 0 saturated carbocycles. The summed E-state index contributed by atoms with van der Waals surface area (Å²) in [5, 5.41) is 0. The SMILES string of the molecule is CC(N)(C(=O)OCc1ccccc1)C(=O)c1cccc(OCc2ccccc2)c1. The summed E-state index contributed by atoms with van der Waals surface area (Å²) in [6, 6.07) is 25.5. The van der Waals surface area contributed by atoms with E-state index in [-0.39, 0.29) is 12.2 Å². The van der Waals surface area contributed by atoms with Crippen molar-refractivity contribution >= 4 is 11.8 Å². The number of ether oxygens (including phenoxy) is 2. The number of carbonyl (C=O) groups excluding carboxylic acids is 2. The lowest BCUT2D eigenvalue weighted by molar-refractivity contribution is -0.148. The molecule has 0 amide bonds. The molecule has 0 saturated heterocycles. The average Bonchev–Trinajstić information content (AvgIpc) is 2.77. The second-order valence-electron chi connectivity index (χ2n) is 6.90. The molecule has 0 bridgehead atoms. The number of carbonyl (C=O) groups is 2. The molecule has 3 aromatic rings. The smallest absolute Gasteiger partial charge is 0.334 e. The quantitative estimate of drug-likeness (QED) is 0.359. The van der Waals surface area contributed by atoms with Crippen LogP contribution in [-0.4, -0.2) is 17.3 Å². The Balaban J connectivity index is 1.65. The average molecular weight is 389 g/mol. The Kier molecular flexibility index (Phi) is 6.42. The topological polar surface area (TPSA) is 78.6 Å². The van der Waals surface area contributed by atoms with Gasteiger partial charge in [0.2, 0.25) is 0 Å². The molecule has 0 spiro atoms. The van der Waals surface area contributed by atoms with Crippen molar-refractivity contribution in [1.82, 2.24) is 0 Å². The number of nitrogens with two attached hydrogens (primary N) is 1. The third kappa shape index (κ3) is 5.30. The lowest BCUT2D eigenvalue weighted by Gasteiger charge is -2.21. The fraction of sp³-hybridized carbons (Fsp3) is 0.167. The fourth-order valence-electron chi connectivity index (χ4n) is 2.73. The van der Waals surface area contributed by atoms with E-state index in [0.717, 1.165) is 11.1 Å². The van der Waals surface area contributed by atoms with Crippen molar-refractivity contribution < 1.29 is 19.1 Å². The summed E-state index contributed by atoms with van der Waals surface area (Å²) < 4.78 is 11.0. The number of hydrogen-bond donors (Lipinski definition) is 1. The zero-order chi connectivity index (χ0) is 20.7. The zero-order valence-corrected chi connectivity index (χ0v) is 16.2. The zero-order valence-electron chi connectivity index (χ0n) is 16.2. The summed E-state index contributed by atoms with van der Waals surface area (Å²) in [5.41, 5.74) is 6.37. The Morgan fingerprint density at radius 1 is 0.828 bits per heavy atom. The van der Waals surface area contributed by atoms with Gasteiger partial charge in [-0.15, -0.1) is 0 Å². The second kappa shape index (κ2) is 9.17. The van der Waals surface area contributed by atoms with Gasteiger partial charge in [-0.3, -0.25) is 4.79 Å². The summed E-state index contributed by atoms with van der Waals surface area (Å²) >= 11 is 0. The van der Waals surface area contributed by atoms with Gasteiger partial charge >= 0.3 is 5.97 Å². The van der Waals surface area contributed by atoms with Gasteiger partial charge in [-0.05, 0) is 30.2 Å². The number of ketones is 1. The summed E-state index contributed by atoms with van der Waals surface area (Å²) in [7, 11) is 0. The Morgan fingerprint density at radius 2 is 1.41 bits per heavy atom. The predicted molar refractivity (Wildman–Crippen MR) is 110 cm³/mol. The van der Waals surface area contributed by atoms with E-state index < -0.39 is 17.3 Å². The summed E-state index contributed by atoms with van der Waals surface area (Å²) in [6.07, 6.45) is 0. The second-order valence-corrected chi connectivity index (χ2v) is 6.90. The van der Waals surface area contributed by atoms with E-state index in [0.29, 0.717) is 12.4 Å². The Bertz CT molecular complexity index is 968. The molecule has 0 aliphatic rings. The molecule has 0 aliphatic carbocycles. The van der Waals surface area contributed by atoms with Crippen molar-refractivity contribution in [2.24, 2.45) is 5.73 Å². The number of hydrogen-bond acceptors (Lipinski definition) is 5. The van der Waals surface area contributed by atoms with Crippen LogP contribution in [0.4, 0.5) is 0 Å². The van der Waals surface area contributed by atoms with E-state index in [2.05, 4.69) is 0 Å². The predicted octanol–water partition coefficient (Wildman–Crippen LogP) is 3.91. The highest BCUT2D eigenvalue weighted by molar-refractivity contribution is 6.16. The van der Waals surface area contributed by atoms with E-state index in [1.807, 2.05) is 60.7 Å². The minimum Gasteiger partial charge on any atom is -0.489 e. The van der Waals surface area contributed by atoms with Gasteiger partial charge in [0.15, 0.2) is 11.3 Å². The third-order valence-electron chi connectivity index (χ3n) is 4.45. The molecule has 0 radical (unpaired) electrons. The highest BCUT2D eigenvalue weighted by Gasteiger charge is 2.39. The van der Waals surface area contributed by atoms with Crippen molar-refractivity contribution in [2.75, 3.05) is 0 Å². The first-order valence-electron chi connectivity index (χ1n) is 9.28. The van der Waals surface area contributed by atoms with Crippen LogP contribution in [0.2, 0.25) is 0 Å². The van der Waals surface area contributed by atoms with Crippen LogP contribution in [0.15, 0.2) is 84.9 Å². The molecule has 0 heterocycles. The molecule has 1 unspecified atom stereocenters. The summed E-state index contributed by atoms with van der Waals surface area (Å²) in [6.45, 7) is 1.79. The molecule has 2 N–H and O–H groups in total. The first-order chi connectivity index (χ1) is 14.0. The van der Waals surface area contributed by atoms with Crippen molar-refractivity contribution in [3.8, 4) is 5.75 Å². The first kappa shape index (κ1) is 20.3. The van der Waals surface area contributed by atoms with Gasteiger partial charge in [0.25, 0.3) is 0 Å². The largest absolute Gasteiger partial charge is 0.489 e. The molecular weight excluding hydrogens is 366 g/mol. The number of rotatable bonds is 8. The fourth-order valence-corrected chi connectivity index (χ4v) is 2.73. The number of Topliss-reactive ketones (excluding diaryl/α,β-unsaturated/α-hetero) is 1. The summed E-state index contributed by atoms with van der Waals surface area (Å²) in [5.74, 6) is -0.782. The van der Waals surface area contributed by atoms with E-state index in [1.54, 1.807) is 24.3 Å². The lowest BCUT2D eigenvalue weighted by Crippen LogP contribution is -2.53. The Morgan fingerprint density at radius 3 is 2.03 bits per heavy atom. The molecule has 0 fully saturated rings. The molecule has 0 aromatic heterocycles. The van der Waals surface area contributed by atoms with Crippen LogP contribution in [0.5, 0.6) is 5.75 Å². The first-order valence-corrected chi connectivity index (χ1v) is 9.28. The molecule has 29 heavy (non-hydrogen) atoms. The highest BCUT2D eigenvalue weighted by Crippen LogP contribution is 2.20. The number of esters is 1. The lowest BCUT2D eigenvalue weighted by atomic mass is 9.92. The van der Waals surface area contributed by atoms with Crippen molar-refractivity contribution in [2.45, 2.75) is 25.7 Å². The van der Waals surface area contributed by atoms with Crippen molar-refractivity contribution in [3.05, 3.63) is 102 Å². The maximum atomic E-state index is 12.9. The molecule has 3 rings (SSSR count). The molecule has 0 aliphatic heterocycles. The molecule has 148 valence electrons. The van der Waals surface area contributed by atoms with Gasteiger partial charge in [-0.2, -0.15) is 0 Å². The maximum Gasteiger partial charge on any atom is 0.334 e. The van der Waals surface area contributed by atoms with E-state index in [4.69, 9.17) is 15.2 Å². The van der Waals surface area contributed by atoms with Crippen LogP contribution in [0.1, 0.15) is 28.4 Å². The van der Waals surface area contributed by atoms with Gasteiger partial charge in [0, 0.05) is 5.56 Å². The van der Waals surface area contributed by atoms with E-state index in [1.165, 1.54) is 6.92 Å². The molecule has 1 atom stereocenters. The van der Waals surface area contributed by atoms with Gasteiger partial charge < -0.3 is 15.2 Å². The minimum atomic E-state index is -1.80. The van der Waals surface area contributed by atoms with Gasteiger partial charge in [-0.25, -0.2) is 4.79 Å². The van der Waals surface area contributed by atoms with Gasteiger partial charge in [-0.1, -0.05) is 72.8 Å². The normalized spacial score (nSPS) is 12.6. The molecular formula is C24H23NO4. The van der Waals surface area contributed by atoms with Crippen LogP contribution >= 0.6 is 0 Å². The van der Waals surface area contributed by atoms with Crippen LogP contribution in [-0.2, 0) is 22.7 Å². The van der Waals surface area contributed by atoms with Gasteiger partial charge in [0.1, 0.15) is 19.0 Å². The molecule has 3 aromatic carbocycles. The van der Waals surface area contributed by atoms with Crippen LogP contribution in [0, 0.1) is 0 Å². The standard InChI is InChI=1S/C24H23NO4/c1-24(25,23(27)29-17-19-11-6-3-7-12-19)22(26)20-13-8-14-21(15-20)28-16-18-9-4-2-5-10-18/h2-15H,16-17,25H2,1H3.